The number of carbonyl (C=O) groups excluding carboxylic acids is 2. The molecule has 0 aliphatic carbocycles. The van der Waals surface area contributed by atoms with Gasteiger partial charge in [-0.3, -0.25) is 14.5 Å². The number of amides is 2. The summed E-state index contributed by atoms with van der Waals surface area (Å²) in [5, 5.41) is 4.08. The zero-order valence-corrected chi connectivity index (χ0v) is 23.8. The van der Waals surface area contributed by atoms with Crippen LogP contribution in [-0.4, -0.2) is 72.9 Å². The van der Waals surface area contributed by atoms with Crippen LogP contribution in [0.4, 0.5) is 10.1 Å². The molecule has 8 heteroatoms. The number of fused-ring (bicyclic) bond motifs is 1. The average molecular weight is 546 g/mol. The molecule has 40 heavy (non-hydrogen) atoms. The van der Waals surface area contributed by atoms with Gasteiger partial charge in [-0.05, 0) is 55.8 Å². The van der Waals surface area contributed by atoms with E-state index < -0.39 is 12.0 Å². The summed E-state index contributed by atoms with van der Waals surface area (Å²) in [6, 6.07) is 14.0. The number of hydrogen-bond acceptors (Lipinski definition) is 4. The highest BCUT2D eigenvalue weighted by atomic mass is 19.1. The van der Waals surface area contributed by atoms with Gasteiger partial charge in [0.05, 0.1) is 12.0 Å². The van der Waals surface area contributed by atoms with E-state index in [1.807, 2.05) is 49.5 Å². The molecule has 0 saturated carbocycles. The lowest BCUT2D eigenvalue weighted by Crippen LogP contribution is -2.47. The van der Waals surface area contributed by atoms with E-state index in [0.717, 1.165) is 61.3 Å². The normalized spacial score (nSPS) is 15.4. The van der Waals surface area contributed by atoms with E-state index in [1.54, 1.807) is 18.9 Å². The molecule has 3 aromatic rings. The summed E-state index contributed by atoms with van der Waals surface area (Å²) in [7, 11) is 1.72. The first-order valence-electron chi connectivity index (χ1n) is 13.9. The van der Waals surface area contributed by atoms with Crippen LogP contribution >= 0.6 is 0 Å². The minimum absolute atomic E-state index is 0.100. The Bertz CT molecular complexity index is 1360. The Balaban J connectivity index is 1.34. The fourth-order valence-corrected chi connectivity index (χ4v) is 5.37. The van der Waals surface area contributed by atoms with Crippen molar-refractivity contribution >= 4 is 28.4 Å². The summed E-state index contributed by atoms with van der Waals surface area (Å²) in [4.78, 5) is 36.2. The molecule has 1 aromatic heterocycles. The van der Waals surface area contributed by atoms with Crippen molar-refractivity contribution in [3.05, 3.63) is 90.4 Å². The number of carbonyl (C=O) groups is 2. The van der Waals surface area contributed by atoms with Gasteiger partial charge in [-0.2, -0.15) is 0 Å². The second-order valence-corrected chi connectivity index (χ2v) is 10.6. The summed E-state index contributed by atoms with van der Waals surface area (Å²) in [5.74, 6) is -1.06. The first kappa shape index (κ1) is 29.1. The molecule has 2 unspecified atom stereocenters. The lowest BCUT2D eigenvalue weighted by atomic mass is 9.91. The Kier molecular flexibility index (Phi) is 9.42. The number of H-pyrrole nitrogens is 1. The van der Waals surface area contributed by atoms with E-state index in [4.69, 9.17) is 0 Å². The minimum atomic E-state index is -0.495. The third-order valence-corrected chi connectivity index (χ3v) is 7.85. The standard InChI is InChI=1S/C32H40FN5O2/c1-22(2)23(3)32(40)36(5)30(28-21-35-29-10-7-6-9-27(28)29)24(4)31(39)34-15-8-16-37-17-19-38(20-18-37)26-13-11-25(33)12-14-26/h6-7,9-14,21,24,30,35H,1,3,8,15-20H2,2,4-5H3,(H,34,39). The van der Waals surface area contributed by atoms with Crippen molar-refractivity contribution in [3.63, 3.8) is 0 Å². The molecule has 2 amide bonds. The average Bonchev–Trinajstić information content (AvgIpc) is 3.38. The predicted molar refractivity (Wildman–Crippen MR) is 160 cm³/mol. The minimum Gasteiger partial charge on any atom is -0.369 e. The van der Waals surface area contributed by atoms with E-state index >= 15 is 0 Å². The molecule has 0 spiro atoms. The van der Waals surface area contributed by atoms with Gasteiger partial charge in [0.1, 0.15) is 5.82 Å². The number of para-hydroxylation sites is 1. The monoisotopic (exact) mass is 545 g/mol. The first-order chi connectivity index (χ1) is 19.2. The molecule has 4 rings (SSSR count). The smallest absolute Gasteiger partial charge is 0.253 e. The van der Waals surface area contributed by atoms with Gasteiger partial charge in [-0.15, -0.1) is 0 Å². The molecular weight excluding hydrogens is 505 g/mol. The highest BCUT2D eigenvalue weighted by Gasteiger charge is 2.34. The topological polar surface area (TPSA) is 71.7 Å². The van der Waals surface area contributed by atoms with Gasteiger partial charge in [0, 0.05) is 73.7 Å². The van der Waals surface area contributed by atoms with Crippen molar-refractivity contribution in [1.82, 2.24) is 20.1 Å². The van der Waals surface area contributed by atoms with Gasteiger partial charge in [0.2, 0.25) is 5.91 Å². The summed E-state index contributed by atoms with van der Waals surface area (Å²) >= 11 is 0. The van der Waals surface area contributed by atoms with Crippen molar-refractivity contribution in [1.29, 1.82) is 0 Å². The SMILES string of the molecule is C=C(C)C(=C)C(=O)N(C)C(c1c[nH]c2ccccc12)C(C)C(=O)NCCCN1CCN(c2ccc(F)cc2)CC1. The second kappa shape index (κ2) is 13.0. The number of hydrogen-bond donors (Lipinski definition) is 2. The molecule has 0 bridgehead atoms. The number of likely N-dealkylation sites (N-methyl/N-ethyl adjacent to an activating group) is 1. The quantitative estimate of drug-likeness (QED) is 0.204. The number of halogens is 1. The summed E-state index contributed by atoms with van der Waals surface area (Å²) < 4.78 is 13.2. The number of aromatic amines is 1. The summed E-state index contributed by atoms with van der Waals surface area (Å²) in [5.41, 5.74) is 3.82. The molecule has 212 valence electrons. The molecule has 1 aliphatic heterocycles. The van der Waals surface area contributed by atoms with Crippen molar-refractivity contribution in [2.24, 2.45) is 5.92 Å². The zero-order chi connectivity index (χ0) is 28.8. The maximum Gasteiger partial charge on any atom is 0.253 e. The number of anilines is 1. The van der Waals surface area contributed by atoms with Gasteiger partial charge < -0.3 is 20.1 Å². The summed E-state index contributed by atoms with van der Waals surface area (Å²) in [6.45, 7) is 16.5. The molecule has 2 heterocycles. The fourth-order valence-electron chi connectivity index (χ4n) is 5.37. The molecule has 1 aliphatic rings. The fraction of sp³-hybridized carbons (Fsp3) is 0.375. The summed E-state index contributed by atoms with van der Waals surface area (Å²) in [6.07, 6.45) is 2.71. The van der Waals surface area contributed by atoms with Gasteiger partial charge >= 0.3 is 0 Å². The number of nitrogens with one attached hydrogen (secondary N) is 2. The molecule has 1 fully saturated rings. The Labute approximate surface area is 236 Å². The maximum absolute atomic E-state index is 13.4. The van der Waals surface area contributed by atoms with Gasteiger partial charge in [0.25, 0.3) is 5.91 Å². The number of aromatic nitrogens is 1. The van der Waals surface area contributed by atoms with Crippen LogP contribution in [0.25, 0.3) is 10.9 Å². The van der Waals surface area contributed by atoms with E-state index in [2.05, 4.69) is 33.3 Å². The van der Waals surface area contributed by atoms with Gasteiger partial charge in [-0.25, -0.2) is 4.39 Å². The van der Waals surface area contributed by atoms with Crippen LogP contribution in [0.3, 0.4) is 0 Å². The second-order valence-electron chi connectivity index (χ2n) is 10.6. The Morgan fingerprint density at radius 2 is 1.75 bits per heavy atom. The van der Waals surface area contributed by atoms with Crippen LogP contribution < -0.4 is 10.2 Å². The van der Waals surface area contributed by atoms with Crippen LogP contribution in [0, 0.1) is 11.7 Å². The van der Waals surface area contributed by atoms with Crippen LogP contribution in [0.15, 0.2) is 79.0 Å². The molecule has 7 nitrogen and oxygen atoms in total. The molecule has 0 radical (unpaired) electrons. The largest absolute Gasteiger partial charge is 0.369 e. The number of nitrogens with zero attached hydrogens (tertiary/aromatic N) is 3. The highest BCUT2D eigenvalue weighted by molar-refractivity contribution is 5.98. The number of benzene rings is 2. The lowest BCUT2D eigenvalue weighted by molar-refractivity contribution is -0.132. The lowest BCUT2D eigenvalue weighted by Gasteiger charge is -2.36. The maximum atomic E-state index is 13.4. The molecule has 2 aromatic carbocycles. The Hall–Kier alpha value is -3.91. The van der Waals surface area contributed by atoms with Crippen molar-refractivity contribution in [2.45, 2.75) is 26.3 Å². The van der Waals surface area contributed by atoms with Crippen LogP contribution in [0.5, 0.6) is 0 Å². The van der Waals surface area contributed by atoms with Gasteiger partial charge in [0.15, 0.2) is 0 Å². The van der Waals surface area contributed by atoms with E-state index in [1.165, 1.54) is 12.1 Å². The van der Waals surface area contributed by atoms with E-state index in [9.17, 15) is 14.0 Å². The van der Waals surface area contributed by atoms with Crippen molar-refractivity contribution in [3.8, 4) is 0 Å². The van der Waals surface area contributed by atoms with Gasteiger partial charge in [-0.1, -0.05) is 38.3 Å². The third-order valence-electron chi connectivity index (χ3n) is 7.85. The molecule has 1 saturated heterocycles. The van der Waals surface area contributed by atoms with Crippen molar-refractivity contribution < 1.29 is 14.0 Å². The van der Waals surface area contributed by atoms with E-state index in [0.29, 0.717) is 17.7 Å². The van der Waals surface area contributed by atoms with Crippen LogP contribution in [0.2, 0.25) is 0 Å². The van der Waals surface area contributed by atoms with Crippen LogP contribution in [0.1, 0.15) is 31.9 Å². The third kappa shape index (κ3) is 6.62. The Morgan fingerprint density at radius 1 is 1.07 bits per heavy atom. The van der Waals surface area contributed by atoms with Crippen LogP contribution in [-0.2, 0) is 9.59 Å². The Morgan fingerprint density at radius 3 is 2.42 bits per heavy atom. The predicted octanol–water partition coefficient (Wildman–Crippen LogP) is 4.90. The molecule has 2 atom stereocenters. The zero-order valence-electron chi connectivity index (χ0n) is 23.8. The number of piperazine rings is 1. The molecular formula is C32H40FN5O2. The van der Waals surface area contributed by atoms with Crippen molar-refractivity contribution in [2.75, 3.05) is 51.2 Å². The molecule has 2 N–H and O–H groups in total. The number of rotatable bonds is 11. The van der Waals surface area contributed by atoms with E-state index in [-0.39, 0.29) is 17.6 Å². The highest BCUT2D eigenvalue weighted by Crippen LogP contribution is 2.34. The first-order valence-corrected chi connectivity index (χ1v) is 13.9.